The smallest absolute Gasteiger partial charge is 0.166 e. The summed E-state index contributed by atoms with van der Waals surface area (Å²) >= 11 is 0. The molecule has 0 spiro atoms. The highest BCUT2D eigenvalue weighted by atomic mass is 16.5. The Balaban J connectivity index is 2.27. The predicted molar refractivity (Wildman–Crippen MR) is 74.9 cm³/mol. The third-order valence-electron chi connectivity index (χ3n) is 2.66. The highest BCUT2D eigenvalue weighted by Gasteiger charge is 2.04. The third-order valence-corrected chi connectivity index (χ3v) is 2.66. The Hall–Kier alpha value is -2.49. The van der Waals surface area contributed by atoms with Crippen molar-refractivity contribution < 1.29 is 14.6 Å². The number of aliphatic imine (C=N–C) groups is 1. The Morgan fingerprint density at radius 1 is 1.05 bits per heavy atom. The number of nitrogens with zero attached hydrogens (tertiary/aromatic N) is 1. The fraction of sp³-hybridized carbons (Fsp3) is 0.133. The molecule has 2 aromatic rings. The number of ether oxygens (including phenoxy) is 2. The summed E-state index contributed by atoms with van der Waals surface area (Å²) in [5.41, 5.74) is 1.35. The van der Waals surface area contributed by atoms with E-state index in [1.165, 1.54) is 7.11 Å². The van der Waals surface area contributed by atoms with Crippen LogP contribution in [0.5, 0.6) is 17.2 Å². The zero-order valence-electron chi connectivity index (χ0n) is 10.8. The zero-order chi connectivity index (χ0) is 13.7. The standard InChI is InChI=1S/C15H15NO3/c1-18-13-7-4-6-12(9-13)16-10-11-5-3-8-14(19-2)15(11)17/h3-10,17H,1-2H3. The first-order valence-corrected chi connectivity index (χ1v) is 5.78. The monoisotopic (exact) mass is 257 g/mol. The molecule has 4 nitrogen and oxygen atoms in total. The van der Waals surface area contributed by atoms with E-state index in [-0.39, 0.29) is 5.75 Å². The summed E-state index contributed by atoms with van der Waals surface area (Å²) in [6, 6.07) is 12.6. The van der Waals surface area contributed by atoms with E-state index in [4.69, 9.17) is 9.47 Å². The molecule has 98 valence electrons. The average Bonchev–Trinajstić information content (AvgIpc) is 2.46. The second-order valence-corrected chi connectivity index (χ2v) is 3.86. The normalized spacial score (nSPS) is 10.6. The van der Waals surface area contributed by atoms with Crippen LogP contribution in [0.4, 0.5) is 5.69 Å². The summed E-state index contributed by atoms with van der Waals surface area (Å²) in [6.45, 7) is 0. The molecule has 19 heavy (non-hydrogen) atoms. The van der Waals surface area contributed by atoms with Crippen molar-refractivity contribution in [1.82, 2.24) is 0 Å². The molecule has 0 fully saturated rings. The van der Waals surface area contributed by atoms with E-state index in [1.807, 2.05) is 24.3 Å². The number of phenolic OH excluding ortho intramolecular Hbond substituents is 1. The van der Waals surface area contributed by atoms with Crippen molar-refractivity contribution in [2.75, 3.05) is 14.2 Å². The van der Waals surface area contributed by atoms with E-state index in [0.29, 0.717) is 11.3 Å². The number of phenols is 1. The first-order chi connectivity index (χ1) is 9.24. The molecule has 2 rings (SSSR count). The molecule has 0 radical (unpaired) electrons. The Morgan fingerprint density at radius 2 is 1.84 bits per heavy atom. The largest absolute Gasteiger partial charge is 0.504 e. The number of aromatic hydroxyl groups is 1. The van der Waals surface area contributed by atoms with Crippen LogP contribution in [-0.4, -0.2) is 25.5 Å². The van der Waals surface area contributed by atoms with E-state index in [1.54, 1.807) is 31.5 Å². The maximum atomic E-state index is 9.93. The minimum Gasteiger partial charge on any atom is -0.504 e. The molecule has 0 saturated carbocycles. The molecule has 0 aliphatic carbocycles. The minimum atomic E-state index is 0.0802. The summed E-state index contributed by atoms with van der Waals surface area (Å²) in [7, 11) is 3.12. The van der Waals surface area contributed by atoms with Gasteiger partial charge in [0.25, 0.3) is 0 Å². The van der Waals surface area contributed by atoms with E-state index in [0.717, 1.165) is 11.4 Å². The van der Waals surface area contributed by atoms with E-state index in [2.05, 4.69) is 4.99 Å². The van der Waals surface area contributed by atoms with E-state index < -0.39 is 0 Å². The van der Waals surface area contributed by atoms with Crippen molar-refractivity contribution in [3.8, 4) is 17.2 Å². The van der Waals surface area contributed by atoms with Gasteiger partial charge in [-0.2, -0.15) is 0 Å². The molecule has 0 atom stereocenters. The van der Waals surface area contributed by atoms with Crippen LogP contribution in [0.1, 0.15) is 5.56 Å². The summed E-state index contributed by atoms with van der Waals surface area (Å²) in [6.07, 6.45) is 1.59. The van der Waals surface area contributed by atoms with Gasteiger partial charge in [-0.25, -0.2) is 0 Å². The van der Waals surface area contributed by atoms with Gasteiger partial charge < -0.3 is 14.6 Å². The van der Waals surface area contributed by atoms with Crippen molar-refractivity contribution >= 4 is 11.9 Å². The average molecular weight is 257 g/mol. The van der Waals surface area contributed by atoms with Crippen molar-refractivity contribution in [3.63, 3.8) is 0 Å². The topological polar surface area (TPSA) is 51.0 Å². The number of methoxy groups -OCH3 is 2. The SMILES string of the molecule is COc1cccc(N=Cc2cccc(OC)c2O)c1. The lowest BCUT2D eigenvalue weighted by atomic mass is 10.2. The molecule has 2 aromatic carbocycles. The van der Waals surface area contributed by atoms with Crippen LogP contribution in [0.3, 0.4) is 0 Å². The van der Waals surface area contributed by atoms with Crippen molar-refractivity contribution in [2.24, 2.45) is 4.99 Å². The van der Waals surface area contributed by atoms with Gasteiger partial charge in [-0.05, 0) is 24.3 Å². The Labute approximate surface area is 111 Å². The summed E-state index contributed by atoms with van der Waals surface area (Å²) in [5, 5.41) is 9.93. The van der Waals surface area contributed by atoms with Crippen LogP contribution in [0, 0.1) is 0 Å². The molecule has 0 saturated heterocycles. The Morgan fingerprint density at radius 3 is 2.58 bits per heavy atom. The Bertz CT molecular complexity index is 594. The lowest BCUT2D eigenvalue weighted by Gasteiger charge is -2.05. The molecular weight excluding hydrogens is 242 g/mol. The van der Waals surface area contributed by atoms with Crippen LogP contribution in [0.2, 0.25) is 0 Å². The van der Waals surface area contributed by atoms with Gasteiger partial charge in [0.1, 0.15) is 5.75 Å². The van der Waals surface area contributed by atoms with Crippen LogP contribution in [0.15, 0.2) is 47.5 Å². The molecule has 0 aliphatic heterocycles. The lowest BCUT2D eigenvalue weighted by Crippen LogP contribution is -1.88. The molecule has 0 heterocycles. The second-order valence-electron chi connectivity index (χ2n) is 3.86. The fourth-order valence-electron chi connectivity index (χ4n) is 1.64. The zero-order valence-corrected chi connectivity index (χ0v) is 10.8. The van der Waals surface area contributed by atoms with Gasteiger partial charge in [0.15, 0.2) is 11.5 Å². The van der Waals surface area contributed by atoms with Crippen LogP contribution in [-0.2, 0) is 0 Å². The van der Waals surface area contributed by atoms with Gasteiger partial charge >= 0.3 is 0 Å². The molecule has 0 unspecified atom stereocenters. The number of hydrogen-bond donors (Lipinski definition) is 1. The maximum absolute atomic E-state index is 9.93. The molecule has 1 N–H and O–H groups in total. The number of benzene rings is 2. The first kappa shape index (κ1) is 13.0. The van der Waals surface area contributed by atoms with Crippen molar-refractivity contribution in [2.45, 2.75) is 0 Å². The highest BCUT2D eigenvalue weighted by Crippen LogP contribution is 2.28. The summed E-state index contributed by atoms with van der Waals surface area (Å²) < 4.78 is 10.2. The lowest BCUT2D eigenvalue weighted by molar-refractivity contribution is 0.373. The van der Waals surface area contributed by atoms with Gasteiger partial charge in [0.2, 0.25) is 0 Å². The highest BCUT2D eigenvalue weighted by molar-refractivity contribution is 5.86. The van der Waals surface area contributed by atoms with Crippen LogP contribution in [0.25, 0.3) is 0 Å². The van der Waals surface area contributed by atoms with Crippen LogP contribution >= 0.6 is 0 Å². The number of hydrogen-bond acceptors (Lipinski definition) is 4. The van der Waals surface area contributed by atoms with E-state index >= 15 is 0 Å². The Kier molecular flexibility index (Phi) is 4.03. The first-order valence-electron chi connectivity index (χ1n) is 5.78. The van der Waals surface area contributed by atoms with Crippen molar-refractivity contribution in [1.29, 1.82) is 0 Å². The molecule has 4 heteroatoms. The number of rotatable bonds is 4. The van der Waals surface area contributed by atoms with Gasteiger partial charge in [-0.3, -0.25) is 4.99 Å². The summed E-state index contributed by atoms with van der Waals surface area (Å²) in [4.78, 5) is 4.30. The number of para-hydroxylation sites is 1. The quantitative estimate of drug-likeness (QED) is 0.856. The molecule has 0 amide bonds. The van der Waals surface area contributed by atoms with Gasteiger partial charge in [0.05, 0.1) is 19.9 Å². The molecule has 0 bridgehead atoms. The van der Waals surface area contributed by atoms with Gasteiger partial charge in [0, 0.05) is 17.8 Å². The van der Waals surface area contributed by atoms with Gasteiger partial charge in [-0.15, -0.1) is 0 Å². The molecule has 0 aliphatic rings. The predicted octanol–water partition coefficient (Wildman–Crippen LogP) is 3.16. The minimum absolute atomic E-state index is 0.0802. The fourth-order valence-corrected chi connectivity index (χ4v) is 1.64. The van der Waals surface area contributed by atoms with Gasteiger partial charge in [-0.1, -0.05) is 12.1 Å². The van der Waals surface area contributed by atoms with Crippen LogP contribution < -0.4 is 9.47 Å². The second kappa shape index (κ2) is 5.91. The summed E-state index contributed by atoms with van der Waals surface area (Å²) in [5.74, 6) is 1.25. The van der Waals surface area contributed by atoms with E-state index in [9.17, 15) is 5.11 Å². The van der Waals surface area contributed by atoms with Crippen molar-refractivity contribution in [3.05, 3.63) is 48.0 Å². The molecular formula is C15H15NO3. The molecule has 0 aromatic heterocycles. The maximum Gasteiger partial charge on any atom is 0.166 e. The third kappa shape index (κ3) is 3.04.